The molecule has 4 aromatic heterocycles. The largest absolute Gasteiger partial charge is 0.506 e. The van der Waals surface area contributed by atoms with Crippen LogP contribution in [-0.4, -0.2) is 82.7 Å². The van der Waals surface area contributed by atoms with Gasteiger partial charge in [0, 0.05) is 71.3 Å². The van der Waals surface area contributed by atoms with E-state index in [0.717, 1.165) is 0 Å². The number of carbonyl (C=O) groups is 2. The number of hydrogen-bond acceptors (Lipinski definition) is 18. The van der Waals surface area contributed by atoms with Gasteiger partial charge in [-0.1, -0.05) is 0 Å². The Hall–Kier alpha value is -5.00. The van der Waals surface area contributed by atoms with Crippen molar-refractivity contribution in [2.24, 2.45) is 11.5 Å². The highest BCUT2D eigenvalue weighted by atomic mass is 31.2. The first kappa shape index (κ1) is 49.0. The smallest absolute Gasteiger partial charge is 0.469 e. The molecule has 0 saturated heterocycles. The van der Waals surface area contributed by atoms with Crippen molar-refractivity contribution in [2.75, 3.05) is 0 Å². The highest BCUT2D eigenvalue weighted by Gasteiger charge is 2.19. The van der Waals surface area contributed by atoms with Gasteiger partial charge in [-0.2, -0.15) is 0 Å². The van der Waals surface area contributed by atoms with Crippen LogP contribution in [0.15, 0.2) is 29.6 Å². The zero-order valence-corrected chi connectivity index (χ0v) is 31.7. The van der Waals surface area contributed by atoms with E-state index in [4.69, 9.17) is 46.4 Å². The van der Waals surface area contributed by atoms with E-state index >= 15 is 0 Å². The zero-order chi connectivity index (χ0) is 43.0. The molecule has 0 aromatic carbocycles. The van der Waals surface area contributed by atoms with Gasteiger partial charge in [0.2, 0.25) is 0 Å². The van der Waals surface area contributed by atoms with E-state index in [1.165, 1.54) is 31.7 Å². The second-order valence-corrected chi connectivity index (χ2v) is 13.4. The molecule has 0 spiro atoms. The summed E-state index contributed by atoms with van der Waals surface area (Å²) in [5, 5.41) is 55.1. The van der Waals surface area contributed by atoms with Crippen LogP contribution < -0.4 is 17.0 Å². The number of aromatic nitrogens is 4. The zero-order valence-electron chi connectivity index (χ0n) is 29.9. The molecule has 308 valence electrons. The van der Waals surface area contributed by atoms with E-state index in [0.29, 0.717) is 46.2 Å². The number of aromatic amines is 1. The highest BCUT2D eigenvalue weighted by molar-refractivity contribution is 7.46. The molecule has 0 aliphatic carbocycles. The number of pyridine rings is 4. The van der Waals surface area contributed by atoms with Gasteiger partial charge < -0.3 is 66.7 Å². The van der Waals surface area contributed by atoms with Gasteiger partial charge in [0.05, 0.1) is 54.6 Å². The van der Waals surface area contributed by atoms with Crippen LogP contribution in [-0.2, 0) is 57.7 Å². The molecule has 15 N–H and O–H groups in total. The number of nitrogens with zero attached hydrogens (tertiary/aromatic N) is 3. The number of aromatic hydroxyl groups is 4. The average molecular weight is 833 g/mol. The molecule has 56 heavy (non-hydrogen) atoms. The fourth-order valence-corrected chi connectivity index (χ4v) is 4.74. The number of hydrogen-bond donors (Lipinski definition) is 13. The highest BCUT2D eigenvalue weighted by Crippen LogP contribution is 2.38. The molecule has 0 aliphatic heterocycles. The van der Waals surface area contributed by atoms with Gasteiger partial charge in [0.15, 0.2) is 18.3 Å². The minimum atomic E-state index is -4.61. The standard InChI is InChI=1S/C8H13N2O5P.C8H12N2O2.C8H10NO6P.C7H7NO4/c1-5-8(11)7(2-9)6(3-10-5)4-15-16(12,13)14;1-5-8(12)7(2-9)6(4-11)3-10-5;1-5-8(11)7(3-10)6(2-9-5)4-15-16(12,13)14;9-2-4-1-8-7(12)6(11)5(4)3-10/h3,11H,2,4,9H2,1H3,(H2,12,13,14);3,11-12H,2,4,9H2,1H3;2-3,11H,4H2,1H3,(H2,12,13,14);1,3,9,11H,2H2,(H,8,12). The third-order valence-corrected chi connectivity index (χ3v) is 8.10. The van der Waals surface area contributed by atoms with Gasteiger partial charge in [0.1, 0.15) is 17.2 Å². The third kappa shape index (κ3) is 14.9. The molecular formula is C31H42N6O17P2. The molecule has 4 rings (SSSR count). The lowest BCUT2D eigenvalue weighted by Gasteiger charge is -2.11. The van der Waals surface area contributed by atoms with Crippen LogP contribution in [0, 0.1) is 20.8 Å². The van der Waals surface area contributed by atoms with Crippen LogP contribution in [0.2, 0.25) is 0 Å². The van der Waals surface area contributed by atoms with E-state index in [2.05, 4.69) is 29.0 Å². The van der Waals surface area contributed by atoms with E-state index in [1.807, 2.05) is 0 Å². The van der Waals surface area contributed by atoms with E-state index in [-0.39, 0.29) is 71.5 Å². The van der Waals surface area contributed by atoms with Crippen molar-refractivity contribution in [3.8, 4) is 23.0 Å². The molecule has 0 unspecified atom stereocenters. The fraction of sp³-hybridized carbons (Fsp3) is 0.290. The van der Waals surface area contributed by atoms with Crippen LogP contribution >= 0.6 is 15.6 Å². The van der Waals surface area contributed by atoms with Crippen LogP contribution in [0.3, 0.4) is 0 Å². The molecular weight excluding hydrogens is 790 g/mol. The van der Waals surface area contributed by atoms with Gasteiger partial charge in [-0.15, -0.1) is 0 Å². The second kappa shape index (κ2) is 22.5. The number of nitrogens with one attached hydrogen (secondary N) is 1. The van der Waals surface area contributed by atoms with E-state index < -0.39 is 40.2 Å². The lowest BCUT2D eigenvalue weighted by molar-refractivity contribution is 0.110. The summed E-state index contributed by atoms with van der Waals surface area (Å²) >= 11 is 0. The number of rotatable bonds is 12. The normalized spacial score (nSPS) is 10.9. The summed E-state index contributed by atoms with van der Waals surface area (Å²) in [6, 6.07) is 0. The minimum Gasteiger partial charge on any atom is -0.506 e. The Balaban J connectivity index is 0.000000377. The summed E-state index contributed by atoms with van der Waals surface area (Å²) in [4.78, 5) is 79.5. The summed E-state index contributed by atoms with van der Waals surface area (Å²) < 4.78 is 29.5. The van der Waals surface area contributed by atoms with Crippen molar-refractivity contribution in [1.29, 1.82) is 0 Å². The summed E-state index contributed by atoms with van der Waals surface area (Å²) in [5.41, 5.74) is 13.2. The maximum atomic E-state index is 10.7. The predicted octanol–water partition coefficient (Wildman–Crippen LogP) is 0.113. The maximum Gasteiger partial charge on any atom is 0.469 e. The Morgan fingerprint density at radius 2 is 1.02 bits per heavy atom. The lowest BCUT2D eigenvalue weighted by Crippen LogP contribution is -2.09. The van der Waals surface area contributed by atoms with E-state index in [1.54, 1.807) is 13.8 Å². The van der Waals surface area contributed by atoms with Gasteiger partial charge in [0.25, 0.3) is 5.56 Å². The van der Waals surface area contributed by atoms with Crippen LogP contribution in [0.1, 0.15) is 71.2 Å². The summed E-state index contributed by atoms with van der Waals surface area (Å²) in [6.45, 7) is 3.64. The van der Waals surface area contributed by atoms with Gasteiger partial charge in [-0.05, 0) is 20.8 Å². The molecule has 0 amide bonds. The average Bonchev–Trinajstić information content (AvgIpc) is 3.14. The fourth-order valence-electron chi connectivity index (χ4n) is 4.13. The molecule has 0 radical (unpaired) electrons. The van der Waals surface area contributed by atoms with Gasteiger partial charge in [-0.25, -0.2) is 9.13 Å². The van der Waals surface area contributed by atoms with Crippen molar-refractivity contribution in [2.45, 2.75) is 60.3 Å². The van der Waals surface area contributed by atoms with Crippen molar-refractivity contribution in [1.82, 2.24) is 19.9 Å². The number of aliphatic hydroxyl groups excluding tert-OH is 2. The number of phosphoric acid groups is 2. The van der Waals surface area contributed by atoms with Gasteiger partial charge >= 0.3 is 15.6 Å². The Kier molecular flexibility index (Phi) is 19.7. The monoisotopic (exact) mass is 832 g/mol. The Labute approximate surface area is 317 Å². The number of aldehydes is 2. The first-order chi connectivity index (χ1) is 26.1. The maximum absolute atomic E-state index is 10.7. The molecule has 0 bridgehead atoms. The Bertz CT molecular complexity index is 2120. The first-order valence-corrected chi connectivity index (χ1v) is 18.5. The molecule has 0 saturated carbocycles. The SMILES string of the molecule is Cc1ncc(CO)c(CN)c1O.Cc1ncc(COP(=O)(O)O)c(C=O)c1O.Cc1ncc(COP(=O)(O)O)c(CN)c1O.O=Cc1c(CO)c[nH]c(=O)c1O. The first-order valence-electron chi connectivity index (χ1n) is 15.5. The Morgan fingerprint density at radius 1 is 0.643 bits per heavy atom. The topological polar surface area (TPSA) is 413 Å². The van der Waals surface area contributed by atoms with Crippen molar-refractivity contribution < 1.29 is 78.0 Å². The quantitative estimate of drug-likeness (QED) is 0.0665. The molecule has 4 heterocycles. The molecule has 4 aromatic rings. The van der Waals surface area contributed by atoms with Crippen LogP contribution in [0.5, 0.6) is 23.0 Å². The lowest BCUT2D eigenvalue weighted by atomic mass is 10.1. The van der Waals surface area contributed by atoms with Crippen LogP contribution in [0.4, 0.5) is 0 Å². The molecule has 0 atom stereocenters. The second-order valence-electron chi connectivity index (χ2n) is 10.9. The third-order valence-electron chi connectivity index (χ3n) is 7.17. The molecule has 23 nitrogen and oxygen atoms in total. The predicted molar refractivity (Wildman–Crippen MR) is 193 cm³/mol. The molecule has 0 aliphatic rings. The number of H-pyrrole nitrogens is 1. The molecule has 0 fully saturated rings. The van der Waals surface area contributed by atoms with E-state index in [9.17, 15) is 38.8 Å². The van der Waals surface area contributed by atoms with Crippen molar-refractivity contribution in [3.05, 3.63) is 96.7 Å². The van der Waals surface area contributed by atoms with Crippen LogP contribution in [0.25, 0.3) is 0 Å². The summed E-state index contributed by atoms with van der Waals surface area (Å²) in [6.07, 6.45) is 6.00. The number of carbonyl (C=O) groups excluding carboxylic acids is 2. The number of phosphoric ester groups is 2. The van der Waals surface area contributed by atoms with Crippen molar-refractivity contribution >= 4 is 28.2 Å². The number of nitrogens with two attached hydrogens (primary N) is 2. The molecule has 25 heteroatoms. The summed E-state index contributed by atoms with van der Waals surface area (Å²) in [7, 11) is -9.15. The van der Waals surface area contributed by atoms with Crippen molar-refractivity contribution in [3.63, 3.8) is 0 Å². The summed E-state index contributed by atoms with van der Waals surface area (Å²) in [5.74, 6) is -0.961. The minimum absolute atomic E-state index is 0.0368. The Morgan fingerprint density at radius 3 is 1.43 bits per heavy atom. The number of aliphatic hydroxyl groups is 2. The number of aryl methyl sites for hydroxylation is 3. The van der Waals surface area contributed by atoms with Gasteiger partial charge in [-0.3, -0.25) is 38.4 Å².